The summed E-state index contributed by atoms with van der Waals surface area (Å²) < 4.78 is 17.9. The Kier molecular flexibility index (Phi) is 5.39. The molecule has 0 fully saturated rings. The molecule has 1 aromatic heterocycles. The lowest BCUT2D eigenvalue weighted by atomic mass is 10.1. The lowest BCUT2D eigenvalue weighted by Gasteiger charge is -2.36. The Bertz CT molecular complexity index is 1280. The Hall–Kier alpha value is -3.05. The van der Waals surface area contributed by atoms with Crippen molar-refractivity contribution >= 4 is 30.1 Å². The van der Waals surface area contributed by atoms with Gasteiger partial charge in [0.1, 0.15) is 23.7 Å². The summed E-state index contributed by atoms with van der Waals surface area (Å²) in [4.78, 5) is 12.7. The van der Waals surface area contributed by atoms with E-state index in [2.05, 4.69) is 33.9 Å². The molecular weight excluding hydrogens is 404 g/mol. The maximum Gasteiger partial charge on any atom is 0.344 e. The third-order valence-electron chi connectivity index (χ3n) is 6.08. The second-order valence-electron chi connectivity index (χ2n) is 9.39. The van der Waals surface area contributed by atoms with Crippen LogP contribution < -0.4 is 14.8 Å². The molecule has 4 rings (SSSR count). The SMILES string of the molecule is CC(C)(C)[Si](C)(C)Oc1ccc2c(c1)oc(=O)c1cc(OCc3ccccc3)ccc12. The molecule has 0 saturated heterocycles. The van der Waals surface area contributed by atoms with Crippen LogP contribution >= 0.6 is 0 Å². The second-order valence-corrected chi connectivity index (χ2v) is 14.1. The number of hydrogen-bond donors (Lipinski definition) is 0. The van der Waals surface area contributed by atoms with Crippen molar-refractivity contribution in [3.63, 3.8) is 0 Å². The monoisotopic (exact) mass is 432 g/mol. The molecule has 0 atom stereocenters. The number of fused-ring (bicyclic) bond motifs is 3. The van der Waals surface area contributed by atoms with Gasteiger partial charge < -0.3 is 13.6 Å². The zero-order valence-corrected chi connectivity index (χ0v) is 19.7. The molecule has 0 N–H and O–H groups in total. The van der Waals surface area contributed by atoms with E-state index < -0.39 is 8.32 Å². The van der Waals surface area contributed by atoms with Gasteiger partial charge in [-0.3, -0.25) is 0 Å². The number of rotatable bonds is 5. The van der Waals surface area contributed by atoms with Gasteiger partial charge in [0.25, 0.3) is 0 Å². The van der Waals surface area contributed by atoms with Crippen LogP contribution in [0.1, 0.15) is 26.3 Å². The lowest BCUT2D eigenvalue weighted by molar-refractivity contribution is 0.306. The van der Waals surface area contributed by atoms with Crippen LogP contribution in [0.2, 0.25) is 18.1 Å². The van der Waals surface area contributed by atoms with Gasteiger partial charge in [-0.25, -0.2) is 4.79 Å². The van der Waals surface area contributed by atoms with Crippen molar-refractivity contribution in [2.45, 2.75) is 45.5 Å². The van der Waals surface area contributed by atoms with Crippen molar-refractivity contribution in [2.24, 2.45) is 0 Å². The van der Waals surface area contributed by atoms with Gasteiger partial charge in [0.05, 0.1) is 5.39 Å². The molecular formula is C26H28O4Si. The highest BCUT2D eigenvalue weighted by Gasteiger charge is 2.39. The normalized spacial score (nSPS) is 12.3. The van der Waals surface area contributed by atoms with Crippen LogP contribution in [0, 0.1) is 0 Å². The molecule has 0 spiro atoms. The fourth-order valence-corrected chi connectivity index (χ4v) is 4.26. The fraction of sp³-hybridized carbons (Fsp3) is 0.269. The minimum Gasteiger partial charge on any atom is -0.543 e. The van der Waals surface area contributed by atoms with Crippen molar-refractivity contribution in [3.05, 3.63) is 82.7 Å². The van der Waals surface area contributed by atoms with Gasteiger partial charge in [0, 0.05) is 16.8 Å². The van der Waals surface area contributed by atoms with Crippen molar-refractivity contribution in [2.75, 3.05) is 0 Å². The summed E-state index contributed by atoms with van der Waals surface area (Å²) in [5, 5.41) is 2.32. The standard InChI is InChI=1S/C26H28O4Si/c1-26(2,3)31(4,5)30-20-12-14-22-21-13-11-19(28-17-18-9-7-6-8-10-18)15-23(21)25(27)29-24(22)16-20/h6-16H,17H2,1-5H3. The Morgan fingerprint density at radius 3 is 2.23 bits per heavy atom. The van der Waals surface area contributed by atoms with Crippen LogP contribution in [-0.2, 0) is 6.61 Å². The van der Waals surface area contributed by atoms with Crippen LogP contribution in [0.4, 0.5) is 0 Å². The third kappa shape index (κ3) is 4.37. The minimum absolute atomic E-state index is 0.0856. The van der Waals surface area contributed by atoms with E-state index in [1.807, 2.05) is 60.7 Å². The predicted octanol–water partition coefficient (Wildman–Crippen LogP) is 6.91. The molecule has 0 aliphatic heterocycles. The van der Waals surface area contributed by atoms with E-state index in [0.717, 1.165) is 22.1 Å². The molecule has 1 heterocycles. The van der Waals surface area contributed by atoms with E-state index in [1.165, 1.54) is 0 Å². The summed E-state index contributed by atoms with van der Waals surface area (Å²) in [6.45, 7) is 11.4. The Labute approximate surface area is 183 Å². The molecule has 4 nitrogen and oxygen atoms in total. The zero-order valence-electron chi connectivity index (χ0n) is 18.7. The molecule has 0 radical (unpaired) electrons. The summed E-state index contributed by atoms with van der Waals surface area (Å²) in [6.07, 6.45) is 0. The first-order valence-electron chi connectivity index (χ1n) is 10.5. The van der Waals surface area contributed by atoms with Crippen LogP contribution in [0.5, 0.6) is 11.5 Å². The van der Waals surface area contributed by atoms with E-state index in [0.29, 0.717) is 23.3 Å². The first-order valence-corrected chi connectivity index (χ1v) is 13.4. The molecule has 3 aromatic carbocycles. The molecule has 160 valence electrons. The van der Waals surface area contributed by atoms with E-state index in [1.54, 1.807) is 6.07 Å². The zero-order chi connectivity index (χ0) is 22.2. The van der Waals surface area contributed by atoms with Crippen LogP contribution in [-0.4, -0.2) is 8.32 Å². The Morgan fingerprint density at radius 1 is 0.839 bits per heavy atom. The summed E-state index contributed by atoms with van der Waals surface area (Å²) >= 11 is 0. The van der Waals surface area contributed by atoms with Crippen LogP contribution in [0.25, 0.3) is 21.7 Å². The summed E-state index contributed by atoms with van der Waals surface area (Å²) in [6, 6.07) is 21.3. The van der Waals surface area contributed by atoms with Crippen molar-refractivity contribution in [1.29, 1.82) is 0 Å². The van der Waals surface area contributed by atoms with Crippen molar-refractivity contribution < 1.29 is 13.6 Å². The average molecular weight is 433 g/mol. The van der Waals surface area contributed by atoms with E-state index in [9.17, 15) is 4.79 Å². The van der Waals surface area contributed by atoms with Gasteiger partial charge in [-0.05, 0) is 54.0 Å². The molecule has 31 heavy (non-hydrogen) atoms. The van der Waals surface area contributed by atoms with E-state index in [-0.39, 0.29) is 10.7 Å². The van der Waals surface area contributed by atoms with E-state index >= 15 is 0 Å². The summed E-state index contributed by atoms with van der Waals surface area (Å²) in [7, 11) is -1.98. The smallest absolute Gasteiger partial charge is 0.344 e. The van der Waals surface area contributed by atoms with Crippen molar-refractivity contribution in [3.8, 4) is 11.5 Å². The van der Waals surface area contributed by atoms with Gasteiger partial charge in [-0.15, -0.1) is 0 Å². The van der Waals surface area contributed by atoms with Gasteiger partial charge in [0.15, 0.2) is 0 Å². The molecule has 0 amide bonds. The highest BCUT2D eigenvalue weighted by atomic mass is 28.4. The second kappa shape index (κ2) is 7.89. The highest BCUT2D eigenvalue weighted by molar-refractivity contribution is 6.74. The van der Waals surface area contributed by atoms with Crippen LogP contribution in [0.15, 0.2) is 75.9 Å². The molecule has 0 aliphatic rings. The molecule has 0 unspecified atom stereocenters. The maximum atomic E-state index is 12.7. The fourth-order valence-electron chi connectivity index (χ4n) is 3.23. The quantitative estimate of drug-likeness (QED) is 0.195. The number of hydrogen-bond acceptors (Lipinski definition) is 4. The third-order valence-corrected chi connectivity index (χ3v) is 10.4. The number of benzene rings is 3. The molecule has 0 bridgehead atoms. The lowest BCUT2D eigenvalue weighted by Crippen LogP contribution is -2.43. The topological polar surface area (TPSA) is 48.7 Å². The van der Waals surface area contributed by atoms with Gasteiger partial charge in [-0.2, -0.15) is 0 Å². The van der Waals surface area contributed by atoms with Crippen molar-refractivity contribution in [1.82, 2.24) is 0 Å². The largest absolute Gasteiger partial charge is 0.543 e. The van der Waals surface area contributed by atoms with E-state index in [4.69, 9.17) is 13.6 Å². The molecule has 5 heteroatoms. The average Bonchev–Trinajstić information content (AvgIpc) is 2.72. The highest BCUT2D eigenvalue weighted by Crippen LogP contribution is 2.38. The minimum atomic E-state index is -1.98. The Morgan fingerprint density at radius 2 is 1.52 bits per heavy atom. The first kappa shape index (κ1) is 21.2. The summed E-state index contributed by atoms with van der Waals surface area (Å²) in [5.74, 6) is 1.38. The van der Waals surface area contributed by atoms with Gasteiger partial charge >= 0.3 is 5.63 Å². The predicted molar refractivity (Wildman–Crippen MR) is 129 cm³/mol. The maximum absolute atomic E-state index is 12.7. The van der Waals surface area contributed by atoms with Gasteiger partial charge in [0.2, 0.25) is 8.32 Å². The van der Waals surface area contributed by atoms with Crippen LogP contribution in [0.3, 0.4) is 0 Å². The molecule has 0 saturated carbocycles. The summed E-state index contributed by atoms with van der Waals surface area (Å²) in [5.41, 5.74) is 1.23. The first-order chi connectivity index (χ1) is 14.6. The van der Waals surface area contributed by atoms with Gasteiger partial charge in [-0.1, -0.05) is 51.1 Å². The molecule has 4 aromatic rings. The Balaban J connectivity index is 1.67. The number of ether oxygens (including phenoxy) is 1. The molecule has 0 aliphatic carbocycles.